The Kier molecular flexibility index (Phi) is 8.24. The fourth-order valence-electron chi connectivity index (χ4n) is 6.16. The fourth-order valence-corrected chi connectivity index (χ4v) is 6.16. The molecule has 41 heavy (non-hydrogen) atoms. The molecular formula is C36H36N2O3. The summed E-state index contributed by atoms with van der Waals surface area (Å²) in [6.45, 7) is 3.16. The molecule has 4 aromatic rings. The number of nitrogens with one attached hydrogen (secondary N) is 1. The maximum Gasteiger partial charge on any atom is 0.255 e. The second kappa shape index (κ2) is 12.5. The summed E-state index contributed by atoms with van der Waals surface area (Å²) < 4.78 is 5.99. The zero-order chi connectivity index (χ0) is 28.0. The number of ether oxygens (including phenoxy) is 1. The van der Waals surface area contributed by atoms with Crippen LogP contribution in [-0.2, 0) is 6.42 Å². The Morgan fingerprint density at radius 2 is 1.54 bits per heavy atom. The molecule has 208 valence electrons. The van der Waals surface area contributed by atoms with E-state index in [4.69, 9.17) is 4.74 Å². The van der Waals surface area contributed by atoms with Crippen LogP contribution in [0.5, 0.6) is 11.5 Å². The molecular weight excluding hydrogens is 508 g/mol. The molecule has 1 aliphatic carbocycles. The molecule has 0 bridgehead atoms. The first-order chi connectivity index (χ1) is 20.1. The molecule has 1 fully saturated rings. The molecule has 1 heterocycles. The number of aryl methyl sites for hydroxylation is 1. The van der Waals surface area contributed by atoms with Gasteiger partial charge in [-0.25, -0.2) is 0 Å². The summed E-state index contributed by atoms with van der Waals surface area (Å²) in [4.78, 5) is 29.1. The van der Waals surface area contributed by atoms with Crippen LogP contribution in [0.1, 0.15) is 63.4 Å². The molecule has 1 atom stereocenters. The van der Waals surface area contributed by atoms with Crippen molar-refractivity contribution < 1.29 is 14.3 Å². The summed E-state index contributed by atoms with van der Waals surface area (Å²) in [5.74, 6) is 1.98. The number of carbonyl (C=O) groups excluding carboxylic acids is 2. The van der Waals surface area contributed by atoms with E-state index in [0.29, 0.717) is 28.7 Å². The largest absolute Gasteiger partial charge is 0.455 e. The van der Waals surface area contributed by atoms with Gasteiger partial charge in [0.25, 0.3) is 5.91 Å². The van der Waals surface area contributed by atoms with Gasteiger partial charge in [-0.05, 0) is 105 Å². The lowest BCUT2D eigenvalue weighted by molar-refractivity contribution is 0.0876. The summed E-state index contributed by atoms with van der Waals surface area (Å²) in [7, 11) is 0. The summed E-state index contributed by atoms with van der Waals surface area (Å²) >= 11 is 0. The van der Waals surface area contributed by atoms with Crippen molar-refractivity contribution in [3.8, 4) is 11.5 Å². The molecule has 1 aliphatic heterocycles. The quantitative estimate of drug-likeness (QED) is 0.246. The number of para-hydroxylation sites is 3. The number of amides is 1. The Morgan fingerprint density at radius 1 is 0.829 bits per heavy atom. The molecule has 5 nitrogen and oxygen atoms in total. The van der Waals surface area contributed by atoms with E-state index in [0.717, 1.165) is 50.0 Å². The summed E-state index contributed by atoms with van der Waals surface area (Å²) in [6.07, 6.45) is 4.91. The van der Waals surface area contributed by atoms with Crippen molar-refractivity contribution in [1.29, 1.82) is 0 Å². The van der Waals surface area contributed by atoms with E-state index in [1.807, 2.05) is 66.7 Å². The van der Waals surface area contributed by atoms with Crippen LogP contribution in [0, 0.1) is 5.92 Å². The lowest BCUT2D eigenvalue weighted by Crippen LogP contribution is -2.35. The second-order valence-electron chi connectivity index (χ2n) is 11.2. The molecule has 2 aliphatic rings. The van der Waals surface area contributed by atoms with Gasteiger partial charge in [0.2, 0.25) is 0 Å². The molecule has 0 spiro atoms. The van der Waals surface area contributed by atoms with Gasteiger partial charge < -0.3 is 15.0 Å². The third-order valence-corrected chi connectivity index (χ3v) is 8.52. The Balaban J connectivity index is 1.04. The van der Waals surface area contributed by atoms with Gasteiger partial charge in [0.15, 0.2) is 11.5 Å². The van der Waals surface area contributed by atoms with Gasteiger partial charge in [-0.15, -0.1) is 0 Å². The van der Waals surface area contributed by atoms with Gasteiger partial charge in [-0.1, -0.05) is 66.7 Å². The van der Waals surface area contributed by atoms with E-state index in [-0.39, 0.29) is 17.6 Å². The number of rotatable bonds is 8. The number of fused-ring (bicyclic) bond motifs is 1. The molecule has 1 unspecified atom stereocenters. The molecule has 1 amide bonds. The average Bonchev–Trinajstić information content (AvgIpc) is 3.03. The summed E-state index contributed by atoms with van der Waals surface area (Å²) in [6, 6.07) is 33.2. The third kappa shape index (κ3) is 6.41. The number of piperidine rings is 1. The minimum absolute atomic E-state index is 0.0519. The van der Waals surface area contributed by atoms with E-state index in [2.05, 4.69) is 40.5 Å². The number of hydrogen-bond acceptors (Lipinski definition) is 4. The van der Waals surface area contributed by atoms with E-state index in [1.165, 1.54) is 18.4 Å². The molecule has 5 heteroatoms. The highest BCUT2D eigenvalue weighted by molar-refractivity contribution is 6.07. The smallest absolute Gasteiger partial charge is 0.255 e. The van der Waals surface area contributed by atoms with Gasteiger partial charge in [0.05, 0.1) is 5.69 Å². The molecule has 0 radical (unpaired) electrons. The van der Waals surface area contributed by atoms with Crippen LogP contribution < -0.4 is 10.1 Å². The molecule has 1 N–H and O–H groups in total. The van der Waals surface area contributed by atoms with Crippen LogP contribution in [0.2, 0.25) is 0 Å². The number of likely N-dealkylation sites (tertiary alicyclic amines) is 1. The maximum atomic E-state index is 13.4. The maximum absolute atomic E-state index is 13.4. The minimum atomic E-state index is -0.217. The molecule has 4 aromatic carbocycles. The predicted molar refractivity (Wildman–Crippen MR) is 163 cm³/mol. The number of ketones is 1. The minimum Gasteiger partial charge on any atom is -0.455 e. The normalized spacial score (nSPS) is 17.6. The fraction of sp³-hybridized carbons (Fsp3) is 0.278. The van der Waals surface area contributed by atoms with Crippen LogP contribution in [0.25, 0.3) is 0 Å². The Morgan fingerprint density at radius 3 is 2.32 bits per heavy atom. The second-order valence-corrected chi connectivity index (χ2v) is 11.2. The number of carbonyl (C=O) groups is 2. The van der Waals surface area contributed by atoms with Crippen molar-refractivity contribution in [3.05, 3.63) is 125 Å². The van der Waals surface area contributed by atoms with Crippen molar-refractivity contribution in [3.63, 3.8) is 0 Å². The molecule has 6 rings (SSSR count). The molecule has 0 saturated carbocycles. The van der Waals surface area contributed by atoms with Gasteiger partial charge in [0.1, 0.15) is 5.75 Å². The third-order valence-electron chi connectivity index (χ3n) is 8.52. The highest BCUT2D eigenvalue weighted by Crippen LogP contribution is 2.32. The number of hydrogen-bond donors (Lipinski definition) is 1. The number of nitrogens with zero attached hydrogens (tertiary/aromatic N) is 1. The number of benzene rings is 4. The van der Waals surface area contributed by atoms with Crippen molar-refractivity contribution in [2.24, 2.45) is 5.92 Å². The topological polar surface area (TPSA) is 58.6 Å². The Bertz CT molecular complexity index is 1490. The van der Waals surface area contributed by atoms with Crippen LogP contribution in [0.3, 0.4) is 0 Å². The lowest BCUT2D eigenvalue weighted by atomic mass is 9.80. The average molecular weight is 545 g/mol. The van der Waals surface area contributed by atoms with Crippen molar-refractivity contribution in [2.45, 2.75) is 38.0 Å². The Hall–Kier alpha value is -4.22. The monoisotopic (exact) mass is 544 g/mol. The first-order valence-corrected chi connectivity index (χ1v) is 14.7. The summed E-state index contributed by atoms with van der Waals surface area (Å²) in [5.41, 5.74) is 4.34. The van der Waals surface area contributed by atoms with E-state index in [1.54, 1.807) is 6.07 Å². The lowest BCUT2D eigenvalue weighted by Gasteiger charge is -2.33. The van der Waals surface area contributed by atoms with E-state index >= 15 is 0 Å². The highest BCUT2D eigenvalue weighted by atomic mass is 16.5. The van der Waals surface area contributed by atoms with E-state index in [9.17, 15) is 9.59 Å². The summed E-state index contributed by atoms with van der Waals surface area (Å²) in [5, 5.41) is 2.99. The van der Waals surface area contributed by atoms with Crippen LogP contribution in [-0.4, -0.2) is 36.2 Å². The zero-order valence-electron chi connectivity index (χ0n) is 23.3. The number of Topliss-reactive ketones (excluding diaryl/α,β-unsaturated/α-hetero) is 1. The van der Waals surface area contributed by atoms with Gasteiger partial charge in [-0.2, -0.15) is 0 Å². The van der Waals surface area contributed by atoms with Gasteiger partial charge in [-0.3, -0.25) is 9.59 Å². The zero-order valence-corrected chi connectivity index (χ0v) is 23.3. The molecule has 1 saturated heterocycles. The van der Waals surface area contributed by atoms with Crippen molar-refractivity contribution >= 4 is 17.4 Å². The standard InChI is InChI=1S/C36H36N2O3/c39-35-28(21-24-38-22-19-27(20-23-38)26-9-3-1-4-10-26)15-16-29-25-30(17-18-32(29)35)36(40)37-33-13-7-8-14-34(33)41-31-11-5-2-6-12-31/h1-14,17-18,25,27-28H,15-16,19-24H2,(H,37,40). The first kappa shape index (κ1) is 27.0. The Labute approximate surface area is 242 Å². The van der Waals surface area contributed by atoms with Crippen molar-refractivity contribution in [2.75, 3.05) is 25.0 Å². The molecule has 0 aromatic heterocycles. The highest BCUT2D eigenvalue weighted by Gasteiger charge is 2.29. The predicted octanol–water partition coefficient (Wildman–Crippen LogP) is 7.75. The number of anilines is 1. The van der Waals surface area contributed by atoms with Crippen LogP contribution in [0.15, 0.2) is 103 Å². The van der Waals surface area contributed by atoms with E-state index < -0.39 is 0 Å². The van der Waals surface area contributed by atoms with Crippen LogP contribution in [0.4, 0.5) is 5.69 Å². The van der Waals surface area contributed by atoms with Gasteiger partial charge >= 0.3 is 0 Å². The van der Waals surface area contributed by atoms with Gasteiger partial charge in [0, 0.05) is 17.0 Å². The SMILES string of the molecule is O=C(Nc1ccccc1Oc1ccccc1)c1ccc2c(c1)CCC(CCN1CCC(c3ccccc3)CC1)C2=O. The van der Waals surface area contributed by atoms with Crippen LogP contribution >= 0.6 is 0 Å². The van der Waals surface area contributed by atoms with Crippen molar-refractivity contribution in [1.82, 2.24) is 4.90 Å². The first-order valence-electron chi connectivity index (χ1n) is 14.7.